The van der Waals surface area contributed by atoms with Crippen molar-refractivity contribution in [3.8, 4) is 0 Å². The molecule has 0 aliphatic carbocycles. The van der Waals surface area contributed by atoms with Gasteiger partial charge in [-0.15, -0.1) is 0 Å². The Morgan fingerprint density at radius 1 is 1.64 bits per heavy atom. The van der Waals surface area contributed by atoms with E-state index in [0.717, 1.165) is 31.0 Å². The predicted octanol–water partition coefficient (Wildman–Crippen LogP) is 1.53. The van der Waals surface area contributed by atoms with Crippen LogP contribution < -0.4 is 5.73 Å². The molecular weight excluding hydrogens is 194 g/mol. The van der Waals surface area contributed by atoms with Gasteiger partial charge in [-0.1, -0.05) is 0 Å². The molecule has 1 unspecified atom stereocenters. The fraction of sp³-hybridized carbons (Fsp3) is 0.700. The monoisotopic (exact) mass is 213 g/mol. The van der Waals surface area contributed by atoms with Crippen LogP contribution in [0, 0.1) is 0 Å². The van der Waals surface area contributed by atoms with Gasteiger partial charge < -0.3 is 10.3 Å². The van der Waals surface area contributed by atoms with E-state index in [9.17, 15) is 0 Å². The molecule has 1 atom stereocenters. The first-order chi connectivity index (χ1) is 6.77. The van der Waals surface area contributed by atoms with Gasteiger partial charge in [-0.25, -0.2) is 4.98 Å². The molecule has 0 aliphatic rings. The molecule has 4 heteroatoms. The highest BCUT2D eigenvalue weighted by Crippen LogP contribution is 2.05. The third-order valence-electron chi connectivity index (χ3n) is 2.28. The molecule has 1 aromatic rings. The normalized spacial score (nSPS) is 13.1. The van der Waals surface area contributed by atoms with Gasteiger partial charge in [0.05, 0.1) is 0 Å². The van der Waals surface area contributed by atoms with Crippen molar-refractivity contribution in [2.75, 3.05) is 12.0 Å². The molecule has 1 aromatic heterocycles. The van der Waals surface area contributed by atoms with Crippen molar-refractivity contribution in [1.29, 1.82) is 0 Å². The number of hydrogen-bond acceptors (Lipinski definition) is 3. The van der Waals surface area contributed by atoms with Gasteiger partial charge in [0.1, 0.15) is 5.82 Å². The molecule has 0 aliphatic heterocycles. The molecule has 0 saturated heterocycles. The number of aromatic nitrogens is 2. The Hall–Kier alpha value is -0.480. The number of thioether (sulfide) groups is 1. The minimum Gasteiger partial charge on any atom is -0.335 e. The zero-order chi connectivity index (χ0) is 10.4. The molecule has 0 aromatic carbocycles. The zero-order valence-electron chi connectivity index (χ0n) is 8.94. The van der Waals surface area contributed by atoms with Crippen molar-refractivity contribution in [3.63, 3.8) is 0 Å². The fourth-order valence-corrected chi connectivity index (χ4v) is 1.96. The van der Waals surface area contributed by atoms with Gasteiger partial charge in [0.25, 0.3) is 0 Å². The largest absolute Gasteiger partial charge is 0.335 e. The van der Waals surface area contributed by atoms with E-state index in [-0.39, 0.29) is 6.04 Å². The minimum atomic E-state index is 0.246. The number of nitrogens with zero attached hydrogens (tertiary/aromatic N) is 2. The molecule has 1 rings (SSSR count). The quantitative estimate of drug-likeness (QED) is 0.779. The zero-order valence-corrected chi connectivity index (χ0v) is 9.76. The summed E-state index contributed by atoms with van der Waals surface area (Å²) < 4.78 is 2.15. The molecular formula is C10H19N3S. The van der Waals surface area contributed by atoms with Crippen LogP contribution >= 0.6 is 11.8 Å². The molecule has 3 nitrogen and oxygen atoms in total. The summed E-state index contributed by atoms with van der Waals surface area (Å²) in [5, 5.41) is 0. The van der Waals surface area contributed by atoms with Crippen molar-refractivity contribution in [1.82, 2.24) is 9.55 Å². The van der Waals surface area contributed by atoms with E-state index in [0.29, 0.717) is 0 Å². The van der Waals surface area contributed by atoms with Gasteiger partial charge in [0.2, 0.25) is 0 Å². The summed E-state index contributed by atoms with van der Waals surface area (Å²) in [6.07, 6.45) is 7.93. The Morgan fingerprint density at radius 2 is 2.43 bits per heavy atom. The van der Waals surface area contributed by atoms with Gasteiger partial charge in [0.15, 0.2) is 0 Å². The second kappa shape index (κ2) is 6.09. The number of nitrogens with two attached hydrogens (primary N) is 1. The van der Waals surface area contributed by atoms with E-state index in [1.807, 2.05) is 24.2 Å². The van der Waals surface area contributed by atoms with Gasteiger partial charge >= 0.3 is 0 Å². The second-order valence-electron chi connectivity index (χ2n) is 3.38. The molecule has 0 amide bonds. The average Bonchev–Trinajstić information content (AvgIpc) is 2.62. The van der Waals surface area contributed by atoms with Crippen LogP contribution in [0.4, 0.5) is 0 Å². The van der Waals surface area contributed by atoms with Crippen molar-refractivity contribution in [2.45, 2.75) is 32.4 Å². The summed E-state index contributed by atoms with van der Waals surface area (Å²) in [5.41, 5.74) is 6.01. The topological polar surface area (TPSA) is 43.8 Å². The lowest BCUT2D eigenvalue weighted by Crippen LogP contribution is -2.25. The smallest absolute Gasteiger partial charge is 0.110 e. The van der Waals surface area contributed by atoms with Crippen LogP contribution in [0.2, 0.25) is 0 Å². The van der Waals surface area contributed by atoms with Gasteiger partial charge in [-0.3, -0.25) is 0 Å². The van der Waals surface area contributed by atoms with Crippen molar-refractivity contribution in [2.24, 2.45) is 5.73 Å². The first-order valence-corrected chi connectivity index (χ1v) is 6.41. The van der Waals surface area contributed by atoms with E-state index in [1.165, 1.54) is 0 Å². The van der Waals surface area contributed by atoms with Crippen LogP contribution in [0.1, 0.15) is 19.2 Å². The molecule has 0 fully saturated rings. The lowest BCUT2D eigenvalue weighted by Gasteiger charge is -2.11. The number of aryl methyl sites for hydroxylation is 1. The Kier molecular flexibility index (Phi) is 5.04. The third kappa shape index (κ3) is 3.35. The summed E-state index contributed by atoms with van der Waals surface area (Å²) in [6, 6.07) is 0.246. The molecule has 1 heterocycles. The summed E-state index contributed by atoms with van der Waals surface area (Å²) >= 11 is 1.85. The van der Waals surface area contributed by atoms with Crippen LogP contribution in [0.15, 0.2) is 12.4 Å². The lowest BCUT2D eigenvalue weighted by atomic mass is 10.1. The first kappa shape index (κ1) is 11.6. The predicted molar refractivity (Wildman–Crippen MR) is 62.6 cm³/mol. The summed E-state index contributed by atoms with van der Waals surface area (Å²) in [7, 11) is 0. The molecule has 0 radical (unpaired) electrons. The third-order valence-corrected chi connectivity index (χ3v) is 2.92. The maximum Gasteiger partial charge on any atom is 0.110 e. The van der Waals surface area contributed by atoms with E-state index in [2.05, 4.69) is 22.7 Å². The van der Waals surface area contributed by atoms with Crippen LogP contribution in [-0.2, 0) is 13.0 Å². The van der Waals surface area contributed by atoms with Crippen molar-refractivity contribution >= 4 is 11.8 Å². The van der Waals surface area contributed by atoms with E-state index in [1.54, 1.807) is 0 Å². The van der Waals surface area contributed by atoms with Crippen LogP contribution in [0.5, 0.6) is 0 Å². The van der Waals surface area contributed by atoms with Gasteiger partial charge in [0, 0.05) is 31.4 Å². The second-order valence-corrected chi connectivity index (χ2v) is 4.36. The number of rotatable bonds is 6. The van der Waals surface area contributed by atoms with Crippen LogP contribution in [0.3, 0.4) is 0 Å². The molecule has 2 N–H and O–H groups in total. The highest BCUT2D eigenvalue weighted by atomic mass is 32.2. The maximum atomic E-state index is 6.01. The number of imidazole rings is 1. The Balaban J connectivity index is 2.42. The molecule has 80 valence electrons. The molecule has 0 saturated carbocycles. The van der Waals surface area contributed by atoms with E-state index in [4.69, 9.17) is 5.73 Å². The summed E-state index contributed by atoms with van der Waals surface area (Å²) in [5.74, 6) is 2.25. The van der Waals surface area contributed by atoms with Crippen LogP contribution in [0.25, 0.3) is 0 Å². The SMILES string of the molecule is CCn1ccnc1CC(N)CCSC. The Bertz CT molecular complexity index is 260. The van der Waals surface area contributed by atoms with Crippen LogP contribution in [-0.4, -0.2) is 27.6 Å². The van der Waals surface area contributed by atoms with E-state index < -0.39 is 0 Å². The molecule has 14 heavy (non-hydrogen) atoms. The van der Waals surface area contributed by atoms with Gasteiger partial charge in [-0.2, -0.15) is 11.8 Å². The van der Waals surface area contributed by atoms with E-state index >= 15 is 0 Å². The van der Waals surface area contributed by atoms with Crippen molar-refractivity contribution < 1.29 is 0 Å². The Labute approximate surface area is 90.1 Å². The average molecular weight is 213 g/mol. The molecule has 0 bridgehead atoms. The highest BCUT2D eigenvalue weighted by Gasteiger charge is 2.07. The fourth-order valence-electron chi connectivity index (χ4n) is 1.42. The minimum absolute atomic E-state index is 0.246. The standard InChI is InChI=1S/C10H19N3S/c1-3-13-6-5-12-10(13)8-9(11)4-7-14-2/h5-6,9H,3-4,7-8,11H2,1-2H3. The summed E-state index contributed by atoms with van der Waals surface area (Å²) in [6.45, 7) is 3.10. The maximum absolute atomic E-state index is 6.01. The first-order valence-electron chi connectivity index (χ1n) is 5.02. The molecule has 0 spiro atoms. The Morgan fingerprint density at radius 3 is 3.07 bits per heavy atom. The number of hydrogen-bond donors (Lipinski definition) is 1. The highest BCUT2D eigenvalue weighted by molar-refractivity contribution is 7.98. The van der Waals surface area contributed by atoms with Crippen molar-refractivity contribution in [3.05, 3.63) is 18.2 Å². The van der Waals surface area contributed by atoms with Gasteiger partial charge in [-0.05, 0) is 25.4 Å². The lowest BCUT2D eigenvalue weighted by molar-refractivity contribution is 0.595. The summed E-state index contributed by atoms with van der Waals surface area (Å²) in [4.78, 5) is 4.31.